The predicted octanol–water partition coefficient (Wildman–Crippen LogP) is 1.66. The Hall–Kier alpha value is -2.65. The van der Waals surface area contributed by atoms with Crippen LogP contribution in [0.2, 0.25) is 0 Å². The van der Waals surface area contributed by atoms with Crippen molar-refractivity contribution in [2.24, 2.45) is 0 Å². The smallest absolute Gasteiger partial charge is 0.345 e. The van der Waals surface area contributed by atoms with Crippen LogP contribution in [0.4, 0.5) is 28.0 Å². The lowest BCUT2D eigenvalue weighted by atomic mass is 10.2. The number of carbonyl (C=O) groups excluding carboxylic acids is 3. The van der Waals surface area contributed by atoms with Crippen molar-refractivity contribution in [2.75, 3.05) is 18.0 Å². The first-order valence-corrected chi connectivity index (χ1v) is 6.84. The van der Waals surface area contributed by atoms with Crippen LogP contribution in [0.1, 0.15) is 6.92 Å². The molecule has 1 aliphatic rings. The number of benzene rings is 1. The van der Waals surface area contributed by atoms with Crippen molar-refractivity contribution in [1.29, 1.82) is 0 Å². The standard InChI is InChI=1S/C14H13F4N3O3/c1-8-12(23)20(6-11(22)19-7-14(16,17)18)13(24)21(8)10-4-2-9(15)3-5-10/h2-5,8H,6-7H2,1H3,(H,19,22)/t8-/m1/s1. The second-order valence-electron chi connectivity index (χ2n) is 5.12. The molecule has 0 spiro atoms. The van der Waals surface area contributed by atoms with Gasteiger partial charge in [-0.1, -0.05) is 0 Å². The summed E-state index contributed by atoms with van der Waals surface area (Å²) in [4.78, 5) is 37.5. The van der Waals surface area contributed by atoms with Gasteiger partial charge >= 0.3 is 12.2 Å². The maximum absolute atomic E-state index is 12.9. The minimum atomic E-state index is -4.60. The van der Waals surface area contributed by atoms with Gasteiger partial charge in [-0.3, -0.25) is 19.4 Å². The van der Waals surface area contributed by atoms with Crippen molar-refractivity contribution in [3.8, 4) is 0 Å². The van der Waals surface area contributed by atoms with E-state index in [2.05, 4.69) is 0 Å². The highest BCUT2D eigenvalue weighted by molar-refractivity contribution is 6.15. The summed E-state index contributed by atoms with van der Waals surface area (Å²) in [6, 6.07) is 2.94. The summed E-state index contributed by atoms with van der Waals surface area (Å²) in [5.74, 6) is -2.37. The van der Waals surface area contributed by atoms with Gasteiger partial charge in [0.25, 0.3) is 5.91 Å². The lowest BCUT2D eigenvalue weighted by molar-refractivity contribution is -0.140. The first kappa shape index (κ1) is 17.7. The number of carbonyl (C=O) groups is 3. The first-order chi connectivity index (χ1) is 11.1. The van der Waals surface area contributed by atoms with Crippen LogP contribution in [0, 0.1) is 5.82 Å². The minimum absolute atomic E-state index is 0.237. The SMILES string of the molecule is C[C@@H]1C(=O)N(CC(=O)NCC(F)(F)F)C(=O)N1c1ccc(F)cc1. The Morgan fingerprint density at radius 2 is 1.79 bits per heavy atom. The van der Waals surface area contributed by atoms with Crippen LogP contribution in [-0.2, 0) is 9.59 Å². The second kappa shape index (κ2) is 6.46. The summed E-state index contributed by atoms with van der Waals surface area (Å²) >= 11 is 0. The third-order valence-electron chi connectivity index (χ3n) is 3.34. The molecule has 1 aromatic carbocycles. The molecule has 0 aromatic heterocycles. The van der Waals surface area contributed by atoms with E-state index in [4.69, 9.17) is 0 Å². The molecular weight excluding hydrogens is 334 g/mol. The van der Waals surface area contributed by atoms with Gasteiger partial charge in [0.2, 0.25) is 5.91 Å². The number of imide groups is 1. The number of rotatable bonds is 4. The zero-order valence-corrected chi connectivity index (χ0v) is 12.4. The molecule has 2 rings (SSSR count). The molecule has 10 heteroatoms. The highest BCUT2D eigenvalue weighted by Gasteiger charge is 2.44. The molecule has 1 aliphatic heterocycles. The number of anilines is 1. The largest absolute Gasteiger partial charge is 0.405 e. The molecule has 0 bridgehead atoms. The number of alkyl halides is 3. The molecule has 1 atom stereocenters. The molecule has 24 heavy (non-hydrogen) atoms. The van der Waals surface area contributed by atoms with E-state index in [0.717, 1.165) is 17.0 Å². The Labute approximate surface area is 134 Å². The molecule has 1 saturated heterocycles. The molecule has 0 unspecified atom stereocenters. The number of amides is 4. The van der Waals surface area contributed by atoms with E-state index in [1.165, 1.54) is 19.1 Å². The summed E-state index contributed by atoms with van der Waals surface area (Å²) in [6.07, 6.45) is -4.60. The number of nitrogens with one attached hydrogen (secondary N) is 1. The van der Waals surface area contributed by atoms with Gasteiger partial charge in [-0.25, -0.2) is 9.18 Å². The zero-order valence-electron chi connectivity index (χ0n) is 12.4. The van der Waals surface area contributed by atoms with Gasteiger partial charge in [0.15, 0.2) is 0 Å². The molecule has 6 nitrogen and oxygen atoms in total. The Bertz CT molecular complexity index is 660. The maximum atomic E-state index is 12.9. The number of nitrogens with zero attached hydrogens (tertiary/aromatic N) is 2. The molecule has 4 amide bonds. The van der Waals surface area contributed by atoms with Crippen molar-refractivity contribution in [3.05, 3.63) is 30.1 Å². The van der Waals surface area contributed by atoms with Gasteiger partial charge in [0, 0.05) is 5.69 Å². The number of halogens is 4. The third-order valence-corrected chi connectivity index (χ3v) is 3.34. The predicted molar refractivity (Wildman–Crippen MR) is 74.5 cm³/mol. The van der Waals surface area contributed by atoms with E-state index < -0.39 is 49.0 Å². The normalized spacial score (nSPS) is 18.3. The van der Waals surface area contributed by atoms with Crippen molar-refractivity contribution in [2.45, 2.75) is 19.1 Å². The average Bonchev–Trinajstić information content (AvgIpc) is 2.70. The lowest BCUT2D eigenvalue weighted by Gasteiger charge is -2.19. The molecule has 0 saturated carbocycles. The fourth-order valence-electron chi connectivity index (χ4n) is 2.21. The van der Waals surface area contributed by atoms with Gasteiger partial charge in [-0.15, -0.1) is 0 Å². The fraction of sp³-hybridized carbons (Fsp3) is 0.357. The van der Waals surface area contributed by atoms with Crippen molar-refractivity contribution in [3.63, 3.8) is 0 Å². The quantitative estimate of drug-likeness (QED) is 0.665. The lowest BCUT2D eigenvalue weighted by Crippen LogP contribution is -2.43. The summed E-state index contributed by atoms with van der Waals surface area (Å²) < 4.78 is 49.1. The van der Waals surface area contributed by atoms with E-state index >= 15 is 0 Å². The molecule has 1 fully saturated rings. The Balaban J connectivity index is 2.10. The van der Waals surface area contributed by atoms with Crippen LogP contribution in [0.5, 0.6) is 0 Å². The molecule has 1 N–H and O–H groups in total. The first-order valence-electron chi connectivity index (χ1n) is 6.84. The third kappa shape index (κ3) is 3.81. The number of hydrogen-bond donors (Lipinski definition) is 1. The van der Waals surface area contributed by atoms with Crippen molar-refractivity contribution < 1.29 is 31.9 Å². The maximum Gasteiger partial charge on any atom is 0.405 e. The van der Waals surface area contributed by atoms with E-state index in [0.29, 0.717) is 4.90 Å². The van der Waals surface area contributed by atoms with E-state index in [-0.39, 0.29) is 5.69 Å². The minimum Gasteiger partial charge on any atom is -0.345 e. The Morgan fingerprint density at radius 3 is 2.33 bits per heavy atom. The van der Waals surface area contributed by atoms with Gasteiger partial charge in [0.1, 0.15) is 24.9 Å². The van der Waals surface area contributed by atoms with Gasteiger partial charge in [-0.2, -0.15) is 13.2 Å². The van der Waals surface area contributed by atoms with Crippen LogP contribution < -0.4 is 10.2 Å². The second-order valence-corrected chi connectivity index (χ2v) is 5.12. The van der Waals surface area contributed by atoms with Gasteiger partial charge in [0.05, 0.1) is 0 Å². The highest BCUT2D eigenvalue weighted by atomic mass is 19.4. The zero-order chi connectivity index (χ0) is 18.1. The van der Waals surface area contributed by atoms with Crippen molar-refractivity contribution >= 4 is 23.5 Å². The van der Waals surface area contributed by atoms with Crippen LogP contribution in [0.25, 0.3) is 0 Å². The molecule has 130 valence electrons. The summed E-state index contributed by atoms with van der Waals surface area (Å²) in [5.41, 5.74) is 0.237. The van der Waals surface area contributed by atoms with E-state index in [9.17, 15) is 31.9 Å². The summed E-state index contributed by atoms with van der Waals surface area (Å²) in [5, 5.41) is 1.59. The molecule has 1 heterocycles. The Kier molecular flexibility index (Phi) is 4.76. The van der Waals surface area contributed by atoms with Crippen LogP contribution in [-0.4, -0.2) is 48.1 Å². The average molecular weight is 347 g/mol. The van der Waals surface area contributed by atoms with Crippen LogP contribution in [0.15, 0.2) is 24.3 Å². The summed E-state index contributed by atoms with van der Waals surface area (Å²) in [7, 11) is 0. The fourth-order valence-corrected chi connectivity index (χ4v) is 2.21. The van der Waals surface area contributed by atoms with E-state index in [1.54, 1.807) is 5.32 Å². The molecule has 0 aliphatic carbocycles. The number of hydrogen-bond acceptors (Lipinski definition) is 3. The van der Waals surface area contributed by atoms with Crippen LogP contribution in [0.3, 0.4) is 0 Å². The molecule has 0 radical (unpaired) electrons. The Morgan fingerprint density at radius 1 is 1.21 bits per heavy atom. The van der Waals surface area contributed by atoms with Crippen LogP contribution >= 0.6 is 0 Å². The van der Waals surface area contributed by atoms with Gasteiger partial charge < -0.3 is 5.32 Å². The topological polar surface area (TPSA) is 69.7 Å². The monoisotopic (exact) mass is 347 g/mol. The number of urea groups is 1. The van der Waals surface area contributed by atoms with Crippen molar-refractivity contribution in [1.82, 2.24) is 10.2 Å². The summed E-state index contributed by atoms with van der Waals surface area (Å²) in [6.45, 7) is -0.980. The van der Waals surface area contributed by atoms with Gasteiger partial charge in [-0.05, 0) is 31.2 Å². The molecule has 1 aromatic rings. The highest BCUT2D eigenvalue weighted by Crippen LogP contribution is 2.25. The molecular formula is C14H13F4N3O3. The van der Waals surface area contributed by atoms with E-state index in [1.807, 2.05) is 0 Å².